The number of piperidine rings is 1. The lowest BCUT2D eigenvalue weighted by Crippen LogP contribution is -2.52. The van der Waals surface area contributed by atoms with Crippen LogP contribution in [0.15, 0.2) is 60.7 Å². The third-order valence-corrected chi connectivity index (χ3v) is 7.39. The molecular weight excluding hydrogens is 328 g/mol. The van der Waals surface area contributed by atoms with E-state index in [1.54, 1.807) is 5.56 Å². The maximum Gasteiger partial charge on any atom is 0.167 e. The molecule has 0 spiro atoms. The number of nitrogens with zero attached hydrogens (tertiary/aromatic N) is 2. The topological polar surface area (TPSA) is 6.25 Å². The van der Waals surface area contributed by atoms with Crippen LogP contribution in [0.1, 0.15) is 36.3 Å². The van der Waals surface area contributed by atoms with Gasteiger partial charge in [0.05, 0.1) is 0 Å². The summed E-state index contributed by atoms with van der Waals surface area (Å²) in [5, 5.41) is 0. The van der Waals surface area contributed by atoms with Crippen molar-refractivity contribution in [3.8, 4) is 0 Å². The summed E-state index contributed by atoms with van der Waals surface area (Å²) < 4.78 is 2.62. The molecule has 1 saturated carbocycles. The molecule has 0 amide bonds. The van der Waals surface area contributed by atoms with Crippen molar-refractivity contribution in [3.63, 3.8) is 0 Å². The van der Waals surface area contributed by atoms with Crippen molar-refractivity contribution < 1.29 is 4.58 Å². The Labute approximate surface area is 163 Å². The average molecular weight is 360 g/mol. The molecule has 5 unspecified atom stereocenters. The number of benzene rings is 2. The Morgan fingerprint density at radius 1 is 0.963 bits per heavy atom. The minimum Gasteiger partial charge on any atom is -0.303 e. The third-order valence-electron chi connectivity index (χ3n) is 7.39. The van der Waals surface area contributed by atoms with E-state index in [1.165, 1.54) is 37.9 Å². The third kappa shape index (κ3) is 3.25. The summed E-state index contributed by atoms with van der Waals surface area (Å²) in [6.45, 7) is 3.54. The minimum absolute atomic E-state index is 0.690. The van der Waals surface area contributed by atoms with Gasteiger partial charge in [0.15, 0.2) is 6.54 Å². The molecule has 2 aromatic carbocycles. The van der Waals surface area contributed by atoms with Gasteiger partial charge in [0.2, 0.25) is 0 Å². The fourth-order valence-corrected chi connectivity index (χ4v) is 6.15. The van der Waals surface area contributed by atoms with E-state index in [2.05, 4.69) is 83.4 Å². The maximum absolute atomic E-state index is 2.66. The van der Waals surface area contributed by atoms with Gasteiger partial charge in [0.1, 0.15) is 12.8 Å². The second kappa shape index (κ2) is 7.24. The zero-order chi connectivity index (χ0) is 18.2. The van der Waals surface area contributed by atoms with Crippen molar-refractivity contribution in [1.82, 2.24) is 4.90 Å². The van der Waals surface area contributed by atoms with E-state index < -0.39 is 0 Å². The van der Waals surface area contributed by atoms with Crippen LogP contribution in [0.5, 0.6) is 0 Å². The SMILES string of the molecule is CN1CCCC2C3C=[N+](Cc4ccccc4)CC3C(c3ccccc3)CC21. The van der Waals surface area contributed by atoms with Crippen LogP contribution >= 0.6 is 0 Å². The zero-order valence-corrected chi connectivity index (χ0v) is 16.4. The fraction of sp³-hybridized carbons (Fsp3) is 0.480. The molecule has 3 aliphatic rings. The van der Waals surface area contributed by atoms with E-state index in [0.29, 0.717) is 5.92 Å². The van der Waals surface area contributed by atoms with Gasteiger partial charge in [-0.05, 0) is 50.3 Å². The van der Waals surface area contributed by atoms with Crippen molar-refractivity contribution in [2.45, 2.75) is 37.8 Å². The van der Waals surface area contributed by atoms with Crippen LogP contribution in [0.25, 0.3) is 0 Å². The smallest absolute Gasteiger partial charge is 0.167 e. The number of fused-ring (bicyclic) bond motifs is 3. The second-order valence-electron chi connectivity index (χ2n) is 8.91. The second-order valence-corrected chi connectivity index (χ2v) is 8.91. The van der Waals surface area contributed by atoms with E-state index >= 15 is 0 Å². The van der Waals surface area contributed by atoms with E-state index in [4.69, 9.17) is 0 Å². The van der Waals surface area contributed by atoms with Crippen molar-refractivity contribution >= 4 is 6.21 Å². The monoisotopic (exact) mass is 359 g/mol. The summed E-state index contributed by atoms with van der Waals surface area (Å²) in [6, 6.07) is 23.1. The largest absolute Gasteiger partial charge is 0.303 e. The molecule has 2 aliphatic heterocycles. The van der Waals surface area contributed by atoms with Crippen LogP contribution < -0.4 is 0 Å². The molecule has 2 heterocycles. The van der Waals surface area contributed by atoms with E-state index in [9.17, 15) is 0 Å². The Balaban J connectivity index is 1.46. The van der Waals surface area contributed by atoms with Crippen LogP contribution in [-0.4, -0.2) is 41.9 Å². The summed E-state index contributed by atoms with van der Waals surface area (Å²) in [4.78, 5) is 2.66. The summed E-state index contributed by atoms with van der Waals surface area (Å²) in [7, 11) is 2.36. The Kier molecular flexibility index (Phi) is 4.61. The Hall–Kier alpha value is -1.93. The van der Waals surface area contributed by atoms with Gasteiger partial charge < -0.3 is 4.90 Å². The van der Waals surface area contributed by atoms with Gasteiger partial charge in [0, 0.05) is 23.4 Å². The molecule has 5 rings (SSSR count). The highest BCUT2D eigenvalue weighted by molar-refractivity contribution is 5.59. The molecule has 2 aromatic rings. The number of hydrogen-bond acceptors (Lipinski definition) is 1. The fourth-order valence-electron chi connectivity index (χ4n) is 6.15. The maximum atomic E-state index is 2.66. The normalized spacial score (nSPS) is 33.2. The van der Waals surface area contributed by atoms with Gasteiger partial charge >= 0.3 is 0 Å². The molecule has 1 saturated heterocycles. The summed E-state index contributed by atoms with van der Waals surface area (Å²) >= 11 is 0. The number of rotatable bonds is 3. The van der Waals surface area contributed by atoms with Gasteiger partial charge in [-0.3, -0.25) is 0 Å². The van der Waals surface area contributed by atoms with Crippen LogP contribution in [0.4, 0.5) is 0 Å². The lowest BCUT2D eigenvalue weighted by atomic mass is 9.61. The van der Waals surface area contributed by atoms with Crippen LogP contribution in [0.2, 0.25) is 0 Å². The van der Waals surface area contributed by atoms with Gasteiger partial charge in [-0.25, -0.2) is 4.58 Å². The molecule has 0 bridgehead atoms. The summed E-state index contributed by atoms with van der Waals surface area (Å²) in [5.74, 6) is 3.04. The van der Waals surface area contributed by atoms with Crippen LogP contribution in [0.3, 0.4) is 0 Å². The average Bonchev–Trinajstić information content (AvgIpc) is 3.13. The lowest BCUT2D eigenvalue weighted by molar-refractivity contribution is -0.537. The Morgan fingerprint density at radius 2 is 1.70 bits per heavy atom. The standard InChI is InChI=1S/C25H31N2/c1-26-14-8-13-21-23-17-27(16-19-9-4-2-5-10-19)18-24(23)22(15-25(21)26)20-11-6-3-7-12-20/h2-7,9-12,17,21-25H,8,13-16,18H2,1H3/q+1. The van der Waals surface area contributed by atoms with Crippen molar-refractivity contribution in [3.05, 3.63) is 71.8 Å². The molecule has 140 valence electrons. The molecule has 5 atom stereocenters. The molecule has 2 heteroatoms. The zero-order valence-electron chi connectivity index (χ0n) is 16.4. The Bertz CT molecular complexity index is 798. The molecule has 2 fully saturated rings. The first-order valence-electron chi connectivity index (χ1n) is 10.7. The predicted molar refractivity (Wildman–Crippen MR) is 111 cm³/mol. The molecule has 27 heavy (non-hydrogen) atoms. The first-order chi connectivity index (χ1) is 13.3. The molecule has 2 nitrogen and oxygen atoms in total. The predicted octanol–water partition coefficient (Wildman–Crippen LogP) is 4.41. The highest BCUT2D eigenvalue weighted by Crippen LogP contribution is 2.49. The highest BCUT2D eigenvalue weighted by Gasteiger charge is 2.52. The lowest BCUT2D eigenvalue weighted by Gasteiger charge is -2.49. The molecule has 0 radical (unpaired) electrons. The minimum atomic E-state index is 0.690. The van der Waals surface area contributed by atoms with E-state index in [0.717, 1.165) is 30.3 Å². The summed E-state index contributed by atoms with van der Waals surface area (Å²) in [5.41, 5.74) is 2.99. The van der Waals surface area contributed by atoms with Crippen molar-refractivity contribution in [2.75, 3.05) is 20.1 Å². The molecule has 0 N–H and O–H groups in total. The number of likely N-dealkylation sites (tertiary alicyclic amines) is 1. The van der Waals surface area contributed by atoms with Gasteiger partial charge in [-0.1, -0.05) is 60.7 Å². The molecular formula is C25H31N2+. The van der Waals surface area contributed by atoms with Gasteiger partial charge in [-0.2, -0.15) is 0 Å². The quantitative estimate of drug-likeness (QED) is 0.736. The van der Waals surface area contributed by atoms with E-state index in [-0.39, 0.29) is 0 Å². The first-order valence-corrected chi connectivity index (χ1v) is 10.7. The molecule has 0 aromatic heterocycles. The van der Waals surface area contributed by atoms with E-state index in [1.807, 2.05) is 0 Å². The number of hydrogen-bond donors (Lipinski definition) is 0. The first kappa shape index (κ1) is 17.2. The van der Waals surface area contributed by atoms with Gasteiger partial charge in [-0.15, -0.1) is 0 Å². The van der Waals surface area contributed by atoms with Crippen LogP contribution in [-0.2, 0) is 6.54 Å². The molecule has 1 aliphatic carbocycles. The summed E-state index contributed by atoms with van der Waals surface area (Å²) in [6.07, 6.45) is 6.74. The van der Waals surface area contributed by atoms with Crippen molar-refractivity contribution in [2.24, 2.45) is 17.8 Å². The van der Waals surface area contributed by atoms with Gasteiger partial charge in [0.25, 0.3) is 0 Å². The van der Waals surface area contributed by atoms with Crippen molar-refractivity contribution in [1.29, 1.82) is 0 Å². The highest BCUT2D eigenvalue weighted by atomic mass is 15.1. The van der Waals surface area contributed by atoms with Crippen LogP contribution in [0, 0.1) is 17.8 Å². The Morgan fingerprint density at radius 3 is 2.48 bits per heavy atom.